The molecule has 8 heteroatoms. The molecule has 1 aliphatic heterocycles. The maximum Gasteiger partial charge on any atom is 0.276 e. The first-order chi connectivity index (χ1) is 12.6. The van der Waals surface area contributed by atoms with Gasteiger partial charge in [0, 0.05) is 31.2 Å². The first-order valence-electron chi connectivity index (χ1n) is 8.19. The van der Waals surface area contributed by atoms with E-state index in [1.54, 1.807) is 58.5 Å². The number of rotatable bonds is 3. The molecule has 0 spiro atoms. The van der Waals surface area contributed by atoms with Crippen molar-refractivity contribution in [2.75, 3.05) is 11.4 Å². The number of nitro groups is 1. The van der Waals surface area contributed by atoms with Crippen LogP contribution in [0.15, 0.2) is 55.0 Å². The third-order valence-electron chi connectivity index (χ3n) is 4.40. The van der Waals surface area contributed by atoms with Crippen molar-refractivity contribution in [1.82, 2.24) is 14.8 Å². The third kappa shape index (κ3) is 2.71. The van der Waals surface area contributed by atoms with Crippen LogP contribution in [0.3, 0.4) is 0 Å². The summed E-state index contributed by atoms with van der Waals surface area (Å²) in [7, 11) is 0. The highest BCUT2D eigenvalue weighted by Gasteiger charge is 2.29. The number of anilines is 1. The van der Waals surface area contributed by atoms with Gasteiger partial charge in [-0.05, 0) is 37.1 Å². The molecule has 4 rings (SSSR count). The van der Waals surface area contributed by atoms with E-state index in [1.165, 1.54) is 6.07 Å². The van der Waals surface area contributed by atoms with Crippen LogP contribution in [0.4, 0.5) is 11.4 Å². The monoisotopic (exact) mass is 349 g/mol. The second-order valence-corrected chi connectivity index (χ2v) is 5.94. The van der Waals surface area contributed by atoms with Gasteiger partial charge in [-0.1, -0.05) is 6.07 Å². The van der Waals surface area contributed by atoms with Crippen LogP contribution in [0.25, 0.3) is 5.69 Å². The van der Waals surface area contributed by atoms with Crippen LogP contribution in [-0.2, 0) is 6.42 Å². The average molecular weight is 349 g/mol. The van der Waals surface area contributed by atoms with Crippen molar-refractivity contribution >= 4 is 17.3 Å². The quantitative estimate of drug-likeness (QED) is 0.535. The van der Waals surface area contributed by atoms with E-state index in [-0.39, 0.29) is 17.3 Å². The highest BCUT2D eigenvalue weighted by molar-refractivity contribution is 6.06. The summed E-state index contributed by atoms with van der Waals surface area (Å²) in [5, 5.41) is 15.4. The van der Waals surface area contributed by atoms with E-state index in [0.29, 0.717) is 30.6 Å². The normalized spacial score (nSPS) is 13.3. The van der Waals surface area contributed by atoms with Gasteiger partial charge in [0.25, 0.3) is 11.6 Å². The zero-order valence-corrected chi connectivity index (χ0v) is 13.8. The largest absolute Gasteiger partial charge is 0.306 e. The summed E-state index contributed by atoms with van der Waals surface area (Å²) in [4.78, 5) is 29.7. The van der Waals surface area contributed by atoms with Crippen molar-refractivity contribution in [3.63, 3.8) is 0 Å². The number of carbonyl (C=O) groups excluding carboxylic acids is 1. The van der Waals surface area contributed by atoms with Crippen LogP contribution in [-0.4, -0.2) is 32.1 Å². The van der Waals surface area contributed by atoms with Gasteiger partial charge in [-0.15, -0.1) is 0 Å². The van der Waals surface area contributed by atoms with E-state index in [0.717, 1.165) is 5.69 Å². The van der Waals surface area contributed by atoms with Crippen LogP contribution in [0, 0.1) is 10.1 Å². The number of hydrogen-bond donors (Lipinski definition) is 0. The van der Waals surface area contributed by atoms with Crippen LogP contribution >= 0.6 is 0 Å². The molecule has 1 amide bonds. The lowest BCUT2D eigenvalue weighted by atomic mass is 9.99. The van der Waals surface area contributed by atoms with Crippen LogP contribution in [0.5, 0.6) is 0 Å². The van der Waals surface area contributed by atoms with Gasteiger partial charge in [-0.25, -0.2) is 4.68 Å². The number of fused-ring (bicyclic) bond motifs is 1. The van der Waals surface area contributed by atoms with E-state index in [1.807, 2.05) is 0 Å². The Kier molecular flexibility index (Phi) is 3.92. The Balaban J connectivity index is 1.72. The van der Waals surface area contributed by atoms with Crippen molar-refractivity contribution in [2.24, 2.45) is 0 Å². The van der Waals surface area contributed by atoms with Crippen molar-refractivity contribution < 1.29 is 9.72 Å². The van der Waals surface area contributed by atoms with Gasteiger partial charge in [0.15, 0.2) is 0 Å². The molecule has 0 saturated heterocycles. The Bertz CT molecular complexity index is 984. The van der Waals surface area contributed by atoms with Gasteiger partial charge in [-0.2, -0.15) is 5.10 Å². The fourth-order valence-electron chi connectivity index (χ4n) is 3.23. The molecule has 1 aliphatic rings. The second kappa shape index (κ2) is 6.40. The predicted molar refractivity (Wildman–Crippen MR) is 94.5 cm³/mol. The number of hydrogen-bond acceptors (Lipinski definition) is 5. The number of nitrogens with zero attached hydrogens (tertiary/aromatic N) is 5. The Hall–Kier alpha value is -3.55. The van der Waals surface area contributed by atoms with Gasteiger partial charge >= 0.3 is 0 Å². The molecule has 3 aromatic rings. The zero-order chi connectivity index (χ0) is 18.1. The highest BCUT2D eigenvalue weighted by atomic mass is 16.6. The molecule has 0 bridgehead atoms. The summed E-state index contributed by atoms with van der Waals surface area (Å²) in [5.41, 5.74) is 2.24. The fourth-order valence-corrected chi connectivity index (χ4v) is 3.23. The van der Waals surface area contributed by atoms with Gasteiger partial charge in [-0.3, -0.25) is 19.9 Å². The molecule has 0 N–H and O–H groups in total. The smallest absolute Gasteiger partial charge is 0.276 e. The van der Waals surface area contributed by atoms with Crippen molar-refractivity contribution in [3.05, 3.63) is 76.4 Å². The number of pyridine rings is 1. The number of carbonyl (C=O) groups is 1. The van der Waals surface area contributed by atoms with E-state index in [4.69, 9.17) is 0 Å². The highest BCUT2D eigenvalue weighted by Crippen LogP contribution is 2.34. The van der Waals surface area contributed by atoms with Gasteiger partial charge in [0.2, 0.25) is 0 Å². The molecule has 0 unspecified atom stereocenters. The Morgan fingerprint density at radius 3 is 2.85 bits per heavy atom. The number of aromatic nitrogens is 3. The molecular formula is C18H15N5O3. The number of benzene rings is 1. The van der Waals surface area contributed by atoms with Crippen molar-refractivity contribution in [2.45, 2.75) is 12.8 Å². The molecule has 1 aromatic carbocycles. The third-order valence-corrected chi connectivity index (χ3v) is 4.40. The number of amides is 1. The zero-order valence-electron chi connectivity index (χ0n) is 13.8. The summed E-state index contributed by atoms with van der Waals surface area (Å²) in [5.74, 6) is -0.277. The molecular weight excluding hydrogens is 334 g/mol. The number of nitro benzene ring substituents is 1. The van der Waals surface area contributed by atoms with Crippen LogP contribution in [0.1, 0.15) is 22.5 Å². The van der Waals surface area contributed by atoms with E-state index >= 15 is 0 Å². The average Bonchev–Trinajstić information content (AvgIpc) is 3.21. The molecule has 130 valence electrons. The molecule has 0 aliphatic carbocycles. The maximum atomic E-state index is 13.0. The summed E-state index contributed by atoms with van der Waals surface area (Å²) >= 11 is 0. The first-order valence-corrected chi connectivity index (χ1v) is 8.19. The van der Waals surface area contributed by atoms with Crippen molar-refractivity contribution in [1.29, 1.82) is 0 Å². The lowest BCUT2D eigenvalue weighted by Gasteiger charge is -2.29. The SMILES string of the molecule is O=C(c1cc(-n2cccn2)ccn1)N1CCCc2c1cccc2[N+](=O)[O-]. The molecule has 0 saturated carbocycles. The molecule has 0 fully saturated rings. The Morgan fingerprint density at radius 1 is 1.19 bits per heavy atom. The van der Waals surface area contributed by atoms with Gasteiger partial charge < -0.3 is 4.90 Å². The molecule has 2 aromatic heterocycles. The standard InChI is InChI=1S/C18H15N5O3/c24-18(15-12-13(7-9-19-15)22-11-3-8-20-22)21-10-2-4-14-16(21)5-1-6-17(14)23(25)26/h1,3,5-9,11-12H,2,4,10H2. The maximum absolute atomic E-state index is 13.0. The summed E-state index contributed by atoms with van der Waals surface area (Å²) in [6, 6.07) is 10.1. The topological polar surface area (TPSA) is 94.2 Å². The molecule has 0 radical (unpaired) electrons. The van der Waals surface area contributed by atoms with Crippen molar-refractivity contribution in [3.8, 4) is 5.69 Å². The molecule has 8 nitrogen and oxygen atoms in total. The Labute approximate surface area is 148 Å². The van der Waals surface area contributed by atoms with Gasteiger partial charge in [0.1, 0.15) is 5.69 Å². The summed E-state index contributed by atoms with van der Waals surface area (Å²) < 4.78 is 1.65. The Morgan fingerprint density at radius 2 is 2.08 bits per heavy atom. The molecule has 26 heavy (non-hydrogen) atoms. The fraction of sp³-hybridized carbons (Fsp3) is 0.167. The van der Waals surface area contributed by atoms with Gasteiger partial charge in [0.05, 0.1) is 21.9 Å². The minimum Gasteiger partial charge on any atom is -0.306 e. The summed E-state index contributed by atoms with van der Waals surface area (Å²) in [6.07, 6.45) is 6.24. The minimum absolute atomic E-state index is 0.0539. The predicted octanol–water partition coefficient (Wildman–Crippen LogP) is 2.77. The second-order valence-electron chi connectivity index (χ2n) is 5.94. The minimum atomic E-state index is -0.399. The lowest BCUT2D eigenvalue weighted by Crippen LogP contribution is -2.36. The molecule has 3 heterocycles. The lowest BCUT2D eigenvalue weighted by molar-refractivity contribution is -0.385. The van der Waals surface area contributed by atoms with Crippen LogP contribution in [0.2, 0.25) is 0 Å². The van der Waals surface area contributed by atoms with E-state index in [2.05, 4.69) is 10.1 Å². The first kappa shape index (κ1) is 15.9. The molecule has 0 atom stereocenters. The van der Waals surface area contributed by atoms with E-state index < -0.39 is 4.92 Å². The van der Waals surface area contributed by atoms with E-state index in [9.17, 15) is 14.9 Å². The summed E-state index contributed by atoms with van der Waals surface area (Å²) in [6.45, 7) is 0.501. The van der Waals surface area contributed by atoms with Crippen LogP contribution < -0.4 is 4.90 Å².